The van der Waals surface area contributed by atoms with Crippen molar-refractivity contribution >= 4 is 5.78 Å². The number of rotatable bonds is 3. The van der Waals surface area contributed by atoms with E-state index in [-0.39, 0.29) is 22.8 Å². The third-order valence-corrected chi connectivity index (χ3v) is 3.84. The summed E-state index contributed by atoms with van der Waals surface area (Å²) in [5.74, 6) is 0.344. The number of H-pyrrole nitrogens is 1. The number of carbonyl (C=O) groups is 1. The zero-order valence-corrected chi connectivity index (χ0v) is 10.8. The molecule has 0 spiro atoms. The third kappa shape index (κ3) is 2.30. The molecule has 1 aromatic rings. The molecule has 18 heavy (non-hydrogen) atoms. The molecular weight excluding hydrogens is 232 g/mol. The fraction of sp³-hybridized carbons (Fsp3) is 0.615. The number of aryl methyl sites for hydroxylation is 1. The van der Waals surface area contributed by atoms with Crippen molar-refractivity contribution in [2.24, 2.45) is 5.92 Å². The summed E-state index contributed by atoms with van der Waals surface area (Å²) in [6, 6.07) is 0. The molecular formula is C13H18N2O3. The van der Waals surface area contributed by atoms with Crippen LogP contribution in [0.1, 0.15) is 36.8 Å². The van der Waals surface area contributed by atoms with E-state index in [1.54, 1.807) is 13.8 Å². The molecule has 1 atom stereocenters. The molecule has 2 rings (SSSR count). The third-order valence-electron chi connectivity index (χ3n) is 3.84. The predicted octanol–water partition coefficient (Wildman–Crippen LogP) is 0.913. The highest BCUT2D eigenvalue weighted by Gasteiger charge is 2.24. The first-order valence-electron chi connectivity index (χ1n) is 6.33. The topological polar surface area (TPSA) is 71.9 Å². The highest BCUT2D eigenvalue weighted by atomic mass is 16.2. The molecule has 5 nitrogen and oxygen atoms in total. The summed E-state index contributed by atoms with van der Waals surface area (Å²) in [6.07, 6.45) is 3.14. The highest BCUT2D eigenvalue weighted by Crippen LogP contribution is 2.24. The Balaban J connectivity index is 2.17. The average molecular weight is 250 g/mol. The Morgan fingerprint density at radius 2 is 1.94 bits per heavy atom. The van der Waals surface area contributed by atoms with Crippen LogP contribution < -0.4 is 11.1 Å². The number of nitrogens with one attached hydrogen (secondary N) is 1. The van der Waals surface area contributed by atoms with Crippen molar-refractivity contribution in [1.82, 2.24) is 9.78 Å². The lowest BCUT2D eigenvalue weighted by molar-refractivity contribution is -0.120. The summed E-state index contributed by atoms with van der Waals surface area (Å²) in [5, 5.41) is 2.56. The predicted molar refractivity (Wildman–Crippen MR) is 67.8 cm³/mol. The van der Waals surface area contributed by atoms with Crippen LogP contribution in [0.3, 0.4) is 0 Å². The monoisotopic (exact) mass is 250 g/mol. The van der Waals surface area contributed by atoms with E-state index in [9.17, 15) is 14.4 Å². The van der Waals surface area contributed by atoms with Crippen LogP contribution in [-0.4, -0.2) is 15.6 Å². The molecule has 1 aliphatic rings. The Hall–Kier alpha value is -1.65. The zero-order chi connectivity index (χ0) is 13.3. The van der Waals surface area contributed by atoms with Crippen molar-refractivity contribution in [2.45, 2.75) is 46.1 Å². The van der Waals surface area contributed by atoms with E-state index in [1.165, 1.54) is 4.68 Å². The fourth-order valence-corrected chi connectivity index (χ4v) is 2.43. The summed E-state index contributed by atoms with van der Waals surface area (Å²) < 4.78 is 1.33. The van der Waals surface area contributed by atoms with Gasteiger partial charge in [-0.15, -0.1) is 0 Å². The molecule has 98 valence electrons. The molecule has 0 radical (unpaired) electrons. The summed E-state index contributed by atoms with van der Waals surface area (Å²) >= 11 is 0. The van der Waals surface area contributed by atoms with E-state index in [0.717, 1.165) is 12.8 Å². The quantitative estimate of drug-likeness (QED) is 0.866. The van der Waals surface area contributed by atoms with Gasteiger partial charge in [-0.1, -0.05) is 0 Å². The number of hydrogen-bond donors (Lipinski definition) is 1. The molecule has 1 aromatic heterocycles. The maximum absolute atomic E-state index is 11.9. The zero-order valence-electron chi connectivity index (χ0n) is 10.8. The first-order chi connectivity index (χ1) is 8.50. The van der Waals surface area contributed by atoms with Gasteiger partial charge in [0, 0.05) is 30.0 Å². The van der Waals surface area contributed by atoms with E-state index in [4.69, 9.17) is 0 Å². The molecule has 0 bridgehead atoms. The van der Waals surface area contributed by atoms with Gasteiger partial charge in [0.2, 0.25) is 0 Å². The SMILES string of the molecule is Cc1c(C)c(=O)n(CCC2CCCC2=O)[nH]c1=O. The average Bonchev–Trinajstić information content (AvgIpc) is 2.75. The normalized spacial score (nSPS) is 19.4. The van der Waals surface area contributed by atoms with Gasteiger partial charge in [0.1, 0.15) is 5.78 Å². The standard InChI is InChI=1S/C13H18N2O3/c1-8-9(2)13(18)15(14-12(8)17)7-6-10-4-3-5-11(10)16/h10H,3-7H2,1-2H3,(H,14,17). The molecule has 1 fully saturated rings. The van der Waals surface area contributed by atoms with Crippen LogP contribution in [-0.2, 0) is 11.3 Å². The molecule has 0 aromatic carbocycles. The number of hydrogen-bond acceptors (Lipinski definition) is 3. The minimum absolute atomic E-state index is 0.0574. The lowest BCUT2D eigenvalue weighted by Crippen LogP contribution is -2.33. The van der Waals surface area contributed by atoms with Crippen molar-refractivity contribution in [1.29, 1.82) is 0 Å². The summed E-state index contributed by atoms with van der Waals surface area (Å²) in [5.41, 5.74) is 0.548. The molecule has 0 amide bonds. The van der Waals surface area contributed by atoms with Gasteiger partial charge in [-0.3, -0.25) is 19.5 Å². The van der Waals surface area contributed by atoms with Crippen LogP contribution in [0.5, 0.6) is 0 Å². The lowest BCUT2D eigenvalue weighted by atomic mass is 10.0. The number of aromatic amines is 1. The first kappa shape index (κ1) is 12.8. The summed E-state index contributed by atoms with van der Waals surface area (Å²) in [4.78, 5) is 35.0. The number of Topliss-reactive ketones (excluding diaryl/α,β-unsaturated/α-hetero) is 1. The Labute approximate surface area is 105 Å². The number of aromatic nitrogens is 2. The van der Waals surface area contributed by atoms with Gasteiger partial charge in [0.05, 0.1) is 0 Å². The minimum atomic E-state index is -0.232. The molecule has 0 saturated heterocycles. The molecule has 1 N–H and O–H groups in total. The maximum atomic E-state index is 11.9. The fourth-order valence-electron chi connectivity index (χ4n) is 2.43. The highest BCUT2D eigenvalue weighted by molar-refractivity contribution is 5.82. The van der Waals surface area contributed by atoms with Crippen molar-refractivity contribution in [3.8, 4) is 0 Å². The van der Waals surface area contributed by atoms with Gasteiger partial charge < -0.3 is 0 Å². The van der Waals surface area contributed by atoms with E-state index in [2.05, 4.69) is 5.10 Å². The summed E-state index contributed by atoms with van der Waals surface area (Å²) in [7, 11) is 0. The van der Waals surface area contributed by atoms with Crippen LogP contribution in [0.2, 0.25) is 0 Å². The van der Waals surface area contributed by atoms with E-state index in [0.29, 0.717) is 30.5 Å². The summed E-state index contributed by atoms with van der Waals surface area (Å²) in [6.45, 7) is 3.70. The second kappa shape index (κ2) is 4.92. The van der Waals surface area contributed by atoms with E-state index < -0.39 is 0 Å². The number of ketones is 1. The largest absolute Gasteiger partial charge is 0.299 e. The Bertz CT molecular complexity index is 583. The van der Waals surface area contributed by atoms with Gasteiger partial charge >= 0.3 is 0 Å². The van der Waals surface area contributed by atoms with Crippen LogP contribution in [0.15, 0.2) is 9.59 Å². The molecule has 5 heteroatoms. The van der Waals surface area contributed by atoms with Gasteiger partial charge in [-0.05, 0) is 33.1 Å². The second-order valence-electron chi connectivity index (χ2n) is 4.99. The van der Waals surface area contributed by atoms with Crippen molar-refractivity contribution in [2.75, 3.05) is 0 Å². The van der Waals surface area contributed by atoms with Crippen molar-refractivity contribution < 1.29 is 4.79 Å². The Morgan fingerprint density at radius 1 is 1.22 bits per heavy atom. The van der Waals surface area contributed by atoms with Crippen LogP contribution >= 0.6 is 0 Å². The number of carbonyl (C=O) groups excluding carboxylic acids is 1. The van der Waals surface area contributed by atoms with Gasteiger partial charge in [-0.2, -0.15) is 0 Å². The van der Waals surface area contributed by atoms with Gasteiger partial charge in [0.25, 0.3) is 11.1 Å². The Morgan fingerprint density at radius 3 is 2.56 bits per heavy atom. The van der Waals surface area contributed by atoms with E-state index in [1.807, 2.05) is 0 Å². The second-order valence-corrected chi connectivity index (χ2v) is 4.99. The minimum Gasteiger partial charge on any atom is -0.299 e. The van der Waals surface area contributed by atoms with Crippen LogP contribution in [0.25, 0.3) is 0 Å². The number of nitrogens with zero attached hydrogens (tertiary/aromatic N) is 1. The van der Waals surface area contributed by atoms with Crippen LogP contribution in [0, 0.1) is 19.8 Å². The lowest BCUT2D eigenvalue weighted by Gasteiger charge is -2.11. The molecule has 0 aliphatic heterocycles. The maximum Gasteiger partial charge on any atom is 0.268 e. The van der Waals surface area contributed by atoms with Crippen molar-refractivity contribution in [3.05, 3.63) is 31.8 Å². The van der Waals surface area contributed by atoms with Crippen LogP contribution in [0.4, 0.5) is 0 Å². The Kier molecular flexibility index (Phi) is 3.50. The molecule has 1 heterocycles. The van der Waals surface area contributed by atoms with E-state index >= 15 is 0 Å². The molecule has 1 aliphatic carbocycles. The van der Waals surface area contributed by atoms with Crippen molar-refractivity contribution in [3.63, 3.8) is 0 Å². The smallest absolute Gasteiger partial charge is 0.268 e. The van der Waals surface area contributed by atoms with Gasteiger partial charge in [0.15, 0.2) is 0 Å². The molecule has 1 saturated carbocycles. The molecule has 1 unspecified atom stereocenters. The van der Waals surface area contributed by atoms with Gasteiger partial charge in [-0.25, -0.2) is 4.68 Å². The first-order valence-corrected chi connectivity index (χ1v) is 6.33.